The maximum Gasteiger partial charge on any atom is 0.240 e. The quantitative estimate of drug-likeness (QED) is 0.323. The van der Waals surface area contributed by atoms with E-state index in [1.807, 2.05) is 60.7 Å². The van der Waals surface area contributed by atoms with Gasteiger partial charge in [0.05, 0.1) is 10.1 Å². The fraction of sp³-hybridized carbons (Fsp3) is 0.111. The minimum absolute atomic E-state index is 0.0694. The van der Waals surface area contributed by atoms with E-state index in [0.717, 1.165) is 5.56 Å². The Balaban J connectivity index is 1.64. The number of hydrogen-bond donors (Lipinski definition) is 1. The summed E-state index contributed by atoms with van der Waals surface area (Å²) in [5.74, 6) is 0. The van der Waals surface area contributed by atoms with Crippen molar-refractivity contribution in [1.82, 2.24) is 4.72 Å². The molecule has 0 aliphatic heterocycles. The predicted molar refractivity (Wildman–Crippen MR) is 133 cm³/mol. The molecule has 162 valence electrons. The van der Waals surface area contributed by atoms with Crippen LogP contribution in [-0.2, 0) is 10.0 Å². The Morgan fingerprint density at radius 1 is 0.594 bits per heavy atom. The third kappa shape index (κ3) is 5.68. The van der Waals surface area contributed by atoms with Gasteiger partial charge in [0.2, 0.25) is 10.0 Å². The van der Waals surface area contributed by atoms with Crippen LogP contribution >= 0.6 is 11.8 Å². The van der Waals surface area contributed by atoms with Crippen LogP contribution in [0.25, 0.3) is 0 Å². The lowest BCUT2D eigenvalue weighted by molar-refractivity contribution is 0.581. The summed E-state index contributed by atoms with van der Waals surface area (Å²) >= 11 is 1.76. The molecule has 0 aromatic heterocycles. The average Bonchev–Trinajstić information content (AvgIpc) is 2.86. The van der Waals surface area contributed by atoms with Crippen LogP contribution in [0.1, 0.15) is 27.2 Å². The smallest absolute Gasteiger partial charge is 0.210 e. The summed E-state index contributed by atoms with van der Waals surface area (Å²) in [5, 5.41) is 0.00364. The Bertz CT molecular complexity index is 1160. The van der Waals surface area contributed by atoms with Crippen molar-refractivity contribution in [3.05, 3.63) is 138 Å². The van der Waals surface area contributed by atoms with Crippen LogP contribution in [0.3, 0.4) is 0 Å². The molecule has 0 bridgehead atoms. The average molecular weight is 460 g/mol. The standard InChI is InChI=1S/C27H25NO2S2/c29-32(30,25-19-11-4-12-20-25)28-21-26(22-13-5-1-6-14-22)31-27(23-15-7-2-8-16-23)24-17-9-3-10-18-24/h1-20,26-28H,21H2/t26-/m1/s1. The summed E-state index contributed by atoms with van der Waals surface area (Å²) in [4.78, 5) is 0.277. The van der Waals surface area contributed by atoms with E-state index in [9.17, 15) is 8.42 Å². The molecule has 0 heterocycles. The first-order chi connectivity index (χ1) is 15.6. The normalized spacial score (nSPS) is 12.5. The highest BCUT2D eigenvalue weighted by atomic mass is 32.2. The maximum absolute atomic E-state index is 12.9. The van der Waals surface area contributed by atoms with Crippen molar-refractivity contribution >= 4 is 21.8 Å². The van der Waals surface area contributed by atoms with Gasteiger partial charge in [-0.2, -0.15) is 0 Å². The highest BCUT2D eigenvalue weighted by molar-refractivity contribution is 8.00. The molecule has 0 fully saturated rings. The zero-order chi connectivity index (χ0) is 22.2. The van der Waals surface area contributed by atoms with Gasteiger partial charge in [-0.15, -0.1) is 11.8 Å². The van der Waals surface area contributed by atoms with Gasteiger partial charge in [0, 0.05) is 11.8 Å². The third-order valence-corrected chi connectivity index (χ3v) is 8.21. The molecule has 0 saturated carbocycles. The third-order valence-electron chi connectivity index (χ3n) is 5.19. The number of nitrogens with one attached hydrogen (secondary N) is 1. The highest BCUT2D eigenvalue weighted by Crippen LogP contribution is 2.44. The van der Waals surface area contributed by atoms with Gasteiger partial charge in [-0.1, -0.05) is 109 Å². The lowest BCUT2D eigenvalue weighted by Gasteiger charge is -2.25. The zero-order valence-corrected chi connectivity index (χ0v) is 19.2. The molecule has 0 spiro atoms. The van der Waals surface area contributed by atoms with Gasteiger partial charge < -0.3 is 0 Å². The van der Waals surface area contributed by atoms with Crippen molar-refractivity contribution in [1.29, 1.82) is 0 Å². The number of rotatable bonds is 9. The van der Waals surface area contributed by atoms with Crippen LogP contribution < -0.4 is 4.72 Å². The lowest BCUT2D eigenvalue weighted by atomic mass is 10.0. The van der Waals surface area contributed by atoms with Crippen molar-refractivity contribution in [2.24, 2.45) is 0 Å². The van der Waals surface area contributed by atoms with Gasteiger partial charge in [-0.3, -0.25) is 0 Å². The molecule has 1 N–H and O–H groups in total. The highest BCUT2D eigenvalue weighted by Gasteiger charge is 2.24. The zero-order valence-electron chi connectivity index (χ0n) is 17.5. The van der Waals surface area contributed by atoms with E-state index < -0.39 is 10.0 Å². The molecule has 4 aromatic carbocycles. The molecule has 0 aliphatic carbocycles. The molecule has 0 aliphatic rings. The summed E-state index contributed by atoms with van der Waals surface area (Å²) < 4.78 is 28.6. The second-order valence-electron chi connectivity index (χ2n) is 7.40. The summed E-state index contributed by atoms with van der Waals surface area (Å²) in [6.45, 7) is 0.294. The molecule has 0 amide bonds. The van der Waals surface area contributed by atoms with Gasteiger partial charge in [0.15, 0.2) is 0 Å². The molecule has 32 heavy (non-hydrogen) atoms. The number of hydrogen-bond acceptors (Lipinski definition) is 3. The monoisotopic (exact) mass is 459 g/mol. The number of sulfonamides is 1. The van der Waals surface area contributed by atoms with Gasteiger partial charge in [-0.25, -0.2) is 13.1 Å². The summed E-state index contributed by atoms with van der Waals surface area (Å²) in [6.07, 6.45) is 0. The molecular weight excluding hydrogens is 434 g/mol. The van der Waals surface area contributed by atoms with Crippen molar-refractivity contribution in [2.45, 2.75) is 15.4 Å². The minimum atomic E-state index is -3.59. The minimum Gasteiger partial charge on any atom is -0.210 e. The Hall–Kier alpha value is -2.86. The first kappa shape index (κ1) is 22.3. The second-order valence-corrected chi connectivity index (χ2v) is 10.5. The summed E-state index contributed by atoms with van der Waals surface area (Å²) in [7, 11) is -3.59. The van der Waals surface area contributed by atoms with E-state index in [2.05, 4.69) is 41.1 Å². The topological polar surface area (TPSA) is 46.2 Å². The summed E-state index contributed by atoms with van der Waals surface area (Å²) in [5.41, 5.74) is 3.47. The molecule has 4 rings (SSSR count). The molecule has 5 heteroatoms. The van der Waals surface area contributed by atoms with Crippen LogP contribution in [0, 0.1) is 0 Å². The Morgan fingerprint density at radius 2 is 1.00 bits per heavy atom. The molecular formula is C27H25NO2S2. The van der Waals surface area contributed by atoms with E-state index >= 15 is 0 Å². The second kappa shape index (κ2) is 10.6. The number of thioether (sulfide) groups is 1. The maximum atomic E-state index is 12.9. The van der Waals surface area contributed by atoms with Crippen molar-refractivity contribution in [3.8, 4) is 0 Å². The SMILES string of the molecule is O=S(=O)(NC[C@@H](SC(c1ccccc1)c1ccccc1)c1ccccc1)c1ccccc1. The van der Waals surface area contributed by atoms with Crippen LogP contribution in [-0.4, -0.2) is 15.0 Å². The molecule has 0 radical (unpaired) electrons. The van der Waals surface area contributed by atoms with E-state index in [-0.39, 0.29) is 15.4 Å². The number of benzene rings is 4. The van der Waals surface area contributed by atoms with Crippen molar-refractivity contribution in [3.63, 3.8) is 0 Å². The van der Waals surface area contributed by atoms with E-state index in [0.29, 0.717) is 6.54 Å². The van der Waals surface area contributed by atoms with Crippen LogP contribution in [0.15, 0.2) is 126 Å². The van der Waals surface area contributed by atoms with Crippen molar-refractivity contribution in [2.75, 3.05) is 6.54 Å². The van der Waals surface area contributed by atoms with Gasteiger partial charge in [0.1, 0.15) is 0 Å². The van der Waals surface area contributed by atoms with Crippen LogP contribution in [0.5, 0.6) is 0 Å². The molecule has 0 unspecified atom stereocenters. The fourth-order valence-electron chi connectivity index (χ4n) is 3.55. The Labute approximate surface area is 194 Å². The Morgan fingerprint density at radius 3 is 1.47 bits per heavy atom. The van der Waals surface area contributed by atoms with E-state index in [4.69, 9.17) is 0 Å². The lowest BCUT2D eigenvalue weighted by Crippen LogP contribution is -2.28. The summed E-state index contributed by atoms with van der Waals surface area (Å²) in [6, 6.07) is 39.3. The Kier molecular flexibility index (Phi) is 7.43. The molecule has 0 saturated heterocycles. The van der Waals surface area contributed by atoms with Gasteiger partial charge in [0.25, 0.3) is 0 Å². The van der Waals surface area contributed by atoms with Gasteiger partial charge in [-0.05, 0) is 28.8 Å². The predicted octanol–water partition coefficient (Wildman–Crippen LogP) is 6.23. The van der Waals surface area contributed by atoms with E-state index in [1.165, 1.54) is 11.1 Å². The van der Waals surface area contributed by atoms with Crippen LogP contribution in [0.2, 0.25) is 0 Å². The fourth-order valence-corrected chi connectivity index (χ4v) is 6.17. The molecule has 3 nitrogen and oxygen atoms in total. The first-order valence-corrected chi connectivity index (χ1v) is 12.9. The molecule has 4 aromatic rings. The van der Waals surface area contributed by atoms with Gasteiger partial charge >= 0.3 is 0 Å². The largest absolute Gasteiger partial charge is 0.240 e. The molecule has 1 atom stereocenters. The van der Waals surface area contributed by atoms with Crippen LogP contribution in [0.4, 0.5) is 0 Å². The first-order valence-electron chi connectivity index (χ1n) is 10.5. The van der Waals surface area contributed by atoms with Crippen molar-refractivity contribution < 1.29 is 8.42 Å². The van der Waals surface area contributed by atoms with E-state index in [1.54, 1.807) is 36.0 Å².